The van der Waals surface area contributed by atoms with Crippen molar-refractivity contribution in [3.05, 3.63) is 34.3 Å². The molecule has 2 aliphatic rings. The van der Waals surface area contributed by atoms with E-state index >= 15 is 0 Å². The highest BCUT2D eigenvalue weighted by Crippen LogP contribution is 2.45. The lowest BCUT2D eigenvalue weighted by Crippen LogP contribution is -2.51. The smallest absolute Gasteiger partial charge is 0.326 e. The fourth-order valence-corrected chi connectivity index (χ4v) is 4.75. The highest BCUT2D eigenvalue weighted by atomic mass is 79.9. The van der Waals surface area contributed by atoms with Crippen LogP contribution in [-0.4, -0.2) is 34.9 Å². The van der Waals surface area contributed by atoms with Crippen molar-refractivity contribution in [2.24, 2.45) is 11.3 Å². The molecule has 0 radical (unpaired) electrons. The lowest BCUT2D eigenvalue weighted by Gasteiger charge is -2.42. The van der Waals surface area contributed by atoms with Crippen LogP contribution < -0.4 is 5.32 Å². The molecule has 3 amide bonds. The first-order valence-corrected chi connectivity index (χ1v) is 11.0. The highest BCUT2D eigenvalue weighted by Gasteiger charge is 2.53. The van der Waals surface area contributed by atoms with E-state index in [0.29, 0.717) is 18.8 Å². The molecular weight excluding hydrogens is 436 g/mol. The van der Waals surface area contributed by atoms with Crippen molar-refractivity contribution in [2.75, 3.05) is 6.54 Å². The fraction of sp³-hybridized carbons (Fsp3) is 0.591. The average molecular weight is 465 g/mol. The molecule has 1 saturated heterocycles. The minimum absolute atomic E-state index is 0.0981. The summed E-state index contributed by atoms with van der Waals surface area (Å²) in [6.45, 7) is 6.45. The van der Waals surface area contributed by atoms with Crippen molar-refractivity contribution in [3.8, 4) is 0 Å². The van der Waals surface area contributed by atoms with E-state index < -0.39 is 17.5 Å². The van der Waals surface area contributed by atoms with Gasteiger partial charge in [-0.1, -0.05) is 55.3 Å². The fourth-order valence-electron chi connectivity index (χ4n) is 4.30. The Morgan fingerprint density at radius 1 is 1.31 bits per heavy atom. The summed E-state index contributed by atoms with van der Waals surface area (Å²) in [5.74, 6) is -0.354. The molecular formula is C22H29BrN2O4. The topological polar surface area (TPSA) is 75.7 Å². The van der Waals surface area contributed by atoms with E-state index in [4.69, 9.17) is 4.74 Å². The van der Waals surface area contributed by atoms with E-state index in [1.165, 1.54) is 0 Å². The van der Waals surface area contributed by atoms with Crippen LogP contribution >= 0.6 is 15.9 Å². The van der Waals surface area contributed by atoms with Gasteiger partial charge < -0.3 is 10.1 Å². The predicted octanol–water partition coefficient (Wildman–Crippen LogP) is 4.41. The van der Waals surface area contributed by atoms with Gasteiger partial charge in [-0.3, -0.25) is 14.5 Å². The number of esters is 1. The number of hydrogen-bond donors (Lipinski definition) is 1. The number of halogens is 1. The Labute approximate surface area is 180 Å². The Balaban J connectivity index is 1.57. The van der Waals surface area contributed by atoms with Crippen LogP contribution in [0.15, 0.2) is 28.7 Å². The molecule has 0 atom stereocenters. The molecule has 3 rings (SSSR count). The molecule has 7 heteroatoms. The molecule has 1 aromatic carbocycles. The second kappa shape index (κ2) is 8.46. The SMILES string of the molecule is CCC(C)(C)C1CCC2(CC1)NC(=O)N(CC(=O)OCc1cccc(Br)c1)C2=O. The largest absolute Gasteiger partial charge is 0.459 e. The zero-order chi connectivity index (χ0) is 21.2. The van der Waals surface area contributed by atoms with Crippen LogP contribution in [0.4, 0.5) is 4.79 Å². The second-order valence-electron chi connectivity index (χ2n) is 8.81. The molecule has 1 aliphatic carbocycles. The predicted molar refractivity (Wildman–Crippen MR) is 113 cm³/mol. The van der Waals surface area contributed by atoms with Gasteiger partial charge in [-0.15, -0.1) is 0 Å². The summed E-state index contributed by atoms with van der Waals surface area (Å²) in [7, 11) is 0. The normalized spacial score (nSPS) is 24.7. The minimum atomic E-state index is -0.859. The monoisotopic (exact) mass is 464 g/mol. The molecule has 1 aromatic rings. The van der Waals surface area contributed by atoms with Crippen molar-refractivity contribution in [1.82, 2.24) is 10.2 Å². The van der Waals surface area contributed by atoms with Gasteiger partial charge in [0.15, 0.2) is 0 Å². The molecule has 1 saturated carbocycles. The van der Waals surface area contributed by atoms with Crippen molar-refractivity contribution in [3.63, 3.8) is 0 Å². The number of benzene rings is 1. The summed E-state index contributed by atoms with van der Waals surface area (Å²) >= 11 is 3.37. The van der Waals surface area contributed by atoms with Crippen LogP contribution in [0.2, 0.25) is 0 Å². The van der Waals surface area contributed by atoms with Crippen LogP contribution in [0.5, 0.6) is 0 Å². The Morgan fingerprint density at radius 2 is 2.00 bits per heavy atom. The number of rotatable bonds is 6. The van der Waals surface area contributed by atoms with E-state index in [9.17, 15) is 14.4 Å². The number of hydrogen-bond acceptors (Lipinski definition) is 4. The molecule has 1 spiro atoms. The standard InChI is InChI=1S/C22H29BrN2O4/c1-4-21(2,3)16-8-10-22(11-9-16)19(27)25(20(28)24-22)13-18(26)29-14-15-6-5-7-17(23)12-15/h5-7,12,16H,4,8-11,13-14H2,1-3H3,(H,24,28). The van der Waals surface area contributed by atoms with Crippen molar-refractivity contribution in [2.45, 2.75) is 65.0 Å². The summed E-state index contributed by atoms with van der Waals surface area (Å²) < 4.78 is 6.15. The first kappa shape index (κ1) is 21.8. The minimum Gasteiger partial charge on any atom is -0.459 e. The van der Waals surface area contributed by atoms with Gasteiger partial charge in [0.1, 0.15) is 18.7 Å². The van der Waals surface area contributed by atoms with E-state index in [2.05, 4.69) is 42.0 Å². The van der Waals surface area contributed by atoms with Crippen molar-refractivity contribution >= 4 is 33.8 Å². The third-order valence-electron chi connectivity index (χ3n) is 6.68. The van der Waals surface area contributed by atoms with Crippen molar-refractivity contribution in [1.29, 1.82) is 0 Å². The molecule has 6 nitrogen and oxygen atoms in total. The number of carbonyl (C=O) groups excluding carboxylic acids is 3. The van der Waals surface area contributed by atoms with Gasteiger partial charge in [-0.25, -0.2) is 4.79 Å². The van der Waals surface area contributed by atoms with Gasteiger partial charge >= 0.3 is 12.0 Å². The Bertz CT molecular complexity index is 800. The van der Waals surface area contributed by atoms with Crippen LogP contribution in [0.3, 0.4) is 0 Å². The summed E-state index contributed by atoms with van der Waals surface area (Å²) in [4.78, 5) is 38.7. The Kier molecular flexibility index (Phi) is 6.36. The zero-order valence-corrected chi connectivity index (χ0v) is 18.9. The maximum atomic E-state index is 13.0. The quantitative estimate of drug-likeness (QED) is 0.499. The van der Waals surface area contributed by atoms with E-state index in [0.717, 1.165) is 34.2 Å². The number of nitrogens with zero attached hydrogens (tertiary/aromatic N) is 1. The summed E-state index contributed by atoms with van der Waals surface area (Å²) in [5.41, 5.74) is 0.198. The lowest BCUT2D eigenvalue weighted by molar-refractivity contribution is -0.149. The number of urea groups is 1. The molecule has 0 bridgehead atoms. The molecule has 1 heterocycles. The Morgan fingerprint density at radius 3 is 2.62 bits per heavy atom. The van der Waals surface area contributed by atoms with Crippen LogP contribution in [-0.2, 0) is 20.9 Å². The number of carbonyl (C=O) groups is 3. The highest BCUT2D eigenvalue weighted by molar-refractivity contribution is 9.10. The Hall–Kier alpha value is -1.89. The van der Waals surface area contributed by atoms with Gasteiger partial charge in [0.2, 0.25) is 0 Å². The third-order valence-corrected chi connectivity index (χ3v) is 7.17. The molecule has 0 aromatic heterocycles. The maximum absolute atomic E-state index is 13.0. The first-order valence-electron chi connectivity index (χ1n) is 10.2. The lowest BCUT2D eigenvalue weighted by atomic mass is 9.65. The summed E-state index contributed by atoms with van der Waals surface area (Å²) in [6.07, 6.45) is 4.12. The van der Waals surface area contributed by atoms with E-state index in [1.807, 2.05) is 24.3 Å². The number of imide groups is 1. The van der Waals surface area contributed by atoms with Gasteiger partial charge in [-0.05, 0) is 54.7 Å². The van der Waals surface area contributed by atoms with Crippen LogP contribution in [0.25, 0.3) is 0 Å². The molecule has 158 valence electrons. The maximum Gasteiger partial charge on any atom is 0.326 e. The molecule has 1 aliphatic heterocycles. The van der Waals surface area contributed by atoms with Crippen LogP contribution in [0.1, 0.15) is 58.4 Å². The number of amides is 3. The van der Waals surface area contributed by atoms with Gasteiger partial charge in [0.25, 0.3) is 5.91 Å². The average Bonchev–Trinajstić information content (AvgIpc) is 2.91. The number of ether oxygens (including phenoxy) is 1. The molecule has 29 heavy (non-hydrogen) atoms. The van der Waals surface area contributed by atoms with Gasteiger partial charge in [0, 0.05) is 4.47 Å². The van der Waals surface area contributed by atoms with Gasteiger partial charge in [0.05, 0.1) is 0 Å². The zero-order valence-electron chi connectivity index (χ0n) is 17.3. The molecule has 1 N–H and O–H groups in total. The van der Waals surface area contributed by atoms with Crippen molar-refractivity contribution < 1.29 is 19.1 Å². The van der Waals surface area contributed by atoms with E-state index in [1.54, 1.807) is 0 Å². The molecule has 2 fully saturated rings. The number of nitrogens with one attached hydrogen (secondary N) is 1. The van der Waals surface area contributed by atoms with Crippen LogP contribution in [0, 0.1) is 11.3 Å². The molecule has 0 unspecified atom stereocenters. The third kappa shape index (κ3) is 4.65. The summed E-state index contributed by atoms with van der Waals surface area (Å²) in [5, 5.41) is 2.87. The first-order chi connectivity index (χ1) is 13.7. The summed E-state index contributed by atoms with van der Waals surface area (Å²) in [6, 6.07) is 6.94. The van der Waals surface area contributed by atoms with Gasteiger partial charge in [-0.2, -0.15) is 0 Å². The second-order valence-corrected chi connectivity index (χ2v) is 9.73. The van der Waals surface area contributed by atoms with E-state index in [-0.39, 0.29) is 24.5 Å².